The van der Waals surface area contributed by atoms with Crippen LogP contribution in [0.15, 0.2) is 47.4 Å². The van der Waals surface area contributed by atoms with E-state index in [1.54, 1.807) is 30.3 Å². The van der Waals surface area contributed by atoms with Crippen molar-refractivity contribution in [3.63, 3.8) is 0 Å². The average Bonchev–Trinajstić information content (AvgIpc) is 2.85. The number of halogens is 1. The van der Waals surface area contributed by atoms with Crippen molar-refractivity contribution in [2.24, 2.45) is 0 Å². The number of ether oxygens (including phenoxy) is 1. The number of carbonyl (C=O) groups excluding carboxylic acids is 1. The molecular weight excluding hydrogens is 345 g/mol. The van der Waals surface area contributed by atoms with E-state index in [-0.39, 0.29) is 5.82 Å². The fourth-order valence-corrected chi connectivity index (χ4v) is 2.80. The molecule has 4 atom stereocenters. The van der Waals surface area contributed by atoms with E-state index in [2.05, 4.69) is 10.3 Å². The summed E-state index contributed by atoms with van der Waals surface area (Å²) in [5.41, 5.74) is -2.77. The van der Waals surface area contributed by atoms with E-state index in [4.69, 9.17) is 9.84 Å². The van der Waals surface area contributed by atoms with Gasteiger partial charge in [0.2, 0.25) is 0 Å². The van der Waals surface area contributed by atoms with Crippen LogP contribution in [0.25, 0.3) is 0 Å². The van der Waals surface area contributed by atoms with Gasteiger partial charge in [0.1, 0.15) is 18.0 Å². The molecular formula is C17H18FN3O5. The number of nitrogens with zero attached hydrogens (tertiary/aromatic N) is 2. The molecule has 0 radical (unpaired) electrons. The molecule has 26 heavy (non-hydrogen) atoms. The minimum atomic E-state index is -2.30. The van der Waals surface area contributed by atoms with Gasteiger partial charge < -0.3 is 20.3 Å². The van der Waals surface area contributed by atoms with Crippen LogP contribution in [0.1, 0.15) is 23.5 Å². The largest absolute Gasteiger partial charge is 0.394 e. The first-order valence-corrected chi connectivity index (χ1v) is 7.93. The molecule has 3 N–H and O–H groups in total. The van der Waals surface area contributed by atoms with E-state index in [1.165, 1.54) is 12.3 Å². The summed E-state index contributed by atoms with van der Waals surface area (Å²) in [6, 6.07) is 9.69. The number of anilines is 1. The van der Waals surface area contributed by atoms with Crippen LogP contribution in [0.4, 0.5) is 10.2 Å². The number of amides is 1. The Bertz CT molecular complexity index is 855. The highest BCUT2D eigenvalue weighted by molar-refractivity contribution is 6.03. The summed E-state index contributed by atoms with van der Waals surface area (Å²) in [4.78, 5) is 28.0. The summed E-state index contributed by atoms with van der Waals surface area (Å²) >= 11 is 0. The van der Waals surface area contributed by atoms with Crippen LogP contribution in [-0.2, 0) is 4.74 Å². The van der Waals surface area contributed by atoms with Crippen LogP contribution in [0.2, 0.25) is 0 Å². The topological polar surface area (TPSA) is 114 Å². The van der Waals surface area contributed by atoms with Gasteiger partial charge in [0.25, 0.3) is 5.91 Å². The normalized spacial score (nSPS) is 28.1. The number of rotatable bonds is 4. The zero-order valence-corrected chi connectivity index (χ0v) is 13.9. The number of hydrogen-bond donors (Lipinski definition) is 3. The molecule has 1 aliphatic heterocycles. The summed E-state index contributed by atoms with van der Waals surface area (Å²) in [5, 5.41) is 21.5. The molecule has 1 aromatic heterocycles. The lowest BCUT2D eigenvalue weighted by molar-refractivity contribution is -0.0610. The molecule has 2 heterocycles. The molecule has 1 amide bonds. The monoisotopic (exact) mass is 363 g/mol. The fourth-order valence-electron chi connectivity index (χ4n) is 2.80. The molecule has 0 aliphatic carbocycles. The number of aromatic nitrogens is 2. The van der Waals surface area contributed by atoms with Crippen molar-refractivity contribution in [3.8, 4) is 0 Å². The summed E-state index contributed by atoms with van der Waals surface area (Å²) in [7, 11) is 0. The maximum absolute atomic E-state index is 14.8. The number of aliphatic hydroxyl groups is 2. The van der Waals surface area contributed by atoms with Crippen LogP contribution in [-0.4, -0.2) is 50.2 Å². The molecule has 1 fully saturated rings. The molecule has 138 valence electrons. The lowest BCUT2D eigenvalue weighted by atomic mass is 9.98. The Labute approximate surface area is 147 Å². The van der Waals surface area contributed by atoms with Crippen LogP contribution in [0, 0.1) is 0 Å². The number of carbonyl (C=O) groups is 1. The minimum absolute atomic E-state index is 0.00193. The Balaban J connectivity index is 1.82. The fraction of sp³-hybridized carbons (Fsp3) is 0.353. The molecule has 2 aromatic rings. The molecule has 9 heteroatoms. The van der Waals surface area contributed by atoms with Crippen LogP contribution >= 0.6 is 0 Å². The Morgan fingerprint density at radius 1 is 1.38 bits per heavy atom. The van der Waals surface area contributed by atoms with Gasteiger partial charge in [-0.1, -0.05) is 18.2 Å². The van der Waals surface area contributed by atoms with Gasteiger partial charge in [-0.3, -0.25) is 9.36 Å². The highest BCUT2D eigenvalue weighted by atomic mass is 19.1. The lowest BCUT2D eigenvalue weighted by Crippen LogP contribution is -2.42. The molecule has 0 bridgehead atoms. The molecule has 0 saturated carbocycles. The highest BCUT2D eigenvalue weighted by Crippen LogP contribution is 2.40. The van der Waals surface area contributed by atoms with E-state index in [0.717, 1.165) is 11.5 Å². The Hall–Kier alpha value is -2.62. The van der Waals surface area contributed by atoms with E-state index in [9.17, 15) is 19.1 Å². The third-order valence-corrected chi connectivity index (χ3v) is 4.26. The molecule has 0 spiro atoms. The van der Waals surface area contributed by atoms with Crippen LogP contribution in [0.3, 0.4) is 0 Å². The van der Waals surface area contributed by atoms with E-state index in [0.29, 0.717) is 5.56 Å². The summed E-state index contributed by atoms with van der Waals surface area (Å²) in [5.74, 6) is -0.448. The molecule has 0 unspecified atom stereocenters. The smallest absolute Gasteiger partial charge is 0.351 e. The molecule has 1 saturated heterocycles. The maximum atomic E-state index is 14.8. The number of nitrogens with one attached hydrogen (secondary N) is 1. The number of benzene rings is 1. The van der Waals surface area contributed by atoms with Crippen molar-refractivity contribution in [1.82, 2.24) is 9.55 Å². The van der Waals surface area contributed by atoms with Gasteiger partial charge in [-0.25, -0.2) is 9.18 Å². The van der Waals surface area contributed by atoms with Crippen molar-refractivity contribution in [1.29, 1.82) is 0 Å². The van der Waals surface area contributed by atoms with E-state index >= 15 is 0 Å². The third kappa shape index (κ3) is 3.24. The highest BCUT2D eigenvalue weighted by Gasteiger charge is 2.55. The van der Waals surface area contributed by atoms with Crippen molar-refractivity contribution in [2.75, 3.05) is 11.9 Å². The molecule has 1 aliphatic rings. The van der Waals surface area contributed by atoms with Gasteiger partial charge in [0.05, 0.1) is 6.61 Å². The second kappa shape index (κ2) is 6.94. The van der Waals surface area contributed by atoms with Crippen molar-refractivity contribution in [2.45, 2.75) is 31.0 Å². The van der Waals surface area contributed by atoms with Crippen molar-refractivity contribution < 1.29 is 24.1 Å². The number of hydrogen-bond acceptors (Lipinski definition) is 6. The maximum Gasteiger partial charge on any atom is 0.351 e. The molecule has 3 rings (SSSR count). The van der Waals surface area contributed by atoms with Crippen molar-refractivity contribution in [3.05, 3.63) is 58.6 Å². The first-order chi connectivity index (χ1) is 12.3. The van der Waals surface area contributed by atoms with Gasteiger partial charge in [-0.15, -0.1) is 0 Å². The van der Waals surface area contributed by atoms with Gasteiger partial charge in [-0.2, -0.15) is 4.98 Å². The average molecular weight is 363 g/mol. The first-order valence-electron chi connectivity index (χ1n) is 7.93. The van der Waals surface area contributed by atoms with Crippen molar-refractivity contribution >= 4 is 11.7 Å². The Morgan fingerprint density at radius 2 is 2.08 bits per heavy atom. The van der Waals surface area contributed by atoms with Gasteiger partial charge in [-0.05, 0) is 25.1 Å². The predicted octanol–water partition coefficient (Wildman–Crippen LogP) is 0.474. The third-order valence-electron chi connectivity index (χ3n) is 4.26. The van der Waals surface area contributed by atoms with E-state index < -0.39 is 42.3 Å². The zero-order chi connectivity index (χ0) is 18.9. The Kier molecular flexibility index (Phi) is 4.86. The van der Waals surface area contributed by atoms with E-state index in [1.807, 2.05) is 0 Å². The number of aliphatic hydroxyl groups excluding tert-OH is 2. The first kappa shape index (κ1) is 18.2. The minimum Gasteiger partial charge on any atom is -0.394 e. The quantitative estimate of drug-likeness (QED) is 0.728. The van der Waals surface area contributed by atoms with Gasteiger partial charge in [0, 0.05) is 11.8 Å². The summed E-state index contributed by atoms with van der Waals surface area (Å²) in [6.45, 7) is 0.486. The SMILES string of the molecule is C[C@@]1(F)[C@@H](n2ccc(NC(=O)c3ccccc3)nc2=O)O[C@@H](CO)[C@@H]1O. The van der Waals surface area contributed by atoms with Gasteiger partial charge in [0.15, 0.2) is 11.9 Å². The summed E-state index contributed by atoms with van der Waals surface area (Å²) in [6.07, 6.45) is -2.99. The van der Waals surface area contributed by atoms with Crippen LogP contribution in [0.5, 0.6) is 0 Å². The Morgan fingerprint density at radius 3 is 2.65 bits per heavy atom. The second-order valence-electron chi connectivity index (χ2n) is 6.13. The van der Waals surface area contributed by atoms with Crippen LogP contribution < -0.4 is 11.0 Å². The summed E-state index contributed by atoms with van der Waals surface area (Å²) < 4.78 is 20.9. The second-order valence-corrected chi connectivity index (χ2v) is 6.13. The molecule has 8 nitrogen and oxygen atoms in total. The van der Waals surface area contributed by atoms with Gasteiger partial charge >= 0.3 is 5.69 Å². The standard InChI is InChI=1S/C17H18FN3O5/c1-17(18)13(23)11(9-22)26-15(17)21-8-7-12(20-16(21)25)19-14(24)10-5-3-2-4-6-10/h2-8,11,13,15,22-23H,9H2,1H3,(H,19,20,24,25)/t11-,13-,15-,17-/m0/s1. The molecule has 1 aromatic carbocycles. The lowest BCUT2D eigenvalue weighted by Gasteiger charge is -2.24. The predicted molar refractivity (Wildman–Crippen MR) is 89.4 cm³/mol. The zero-order valence-electron chi connectivity index (χ0n) is 13.9. The number of alkyl halides is 1.